The molecular weight excluding hydrogens is 526 g/mol. The lowest BCUT2D eigenvalue weighted by molar-refractivity contribution is 0.0921. The number of anilines is 1. The molecule has 4 rings (SSSR count). The molecule has 0 aromatic carbocycles. The van der Waals surface area contributed by atoms with E-state index in [1.165, 1.54) is 16.6 Å². The Kier molecular flexibility index (Phi) is 9.20. The van der Waals surface area contributed by atoms with Crippen molar-refractivity contribution in [1.82, 2.24) is 24.0 Å². The van der Waals surface area contributed by atoms with Gasteiger partial charge in [0, 0.05) is 32.8 Å². The summed E-state index contributed by atoms with van der Waals surface area (Å²) in [5.41, 5.74) is 6.24. The van der Waals surface area contributed by atoms with Crippen LogP contribution < -0.4 is 15.8 Å². The van der Waals surface area contributed by atoms with Gasteiger partial charge < -0.3 is 25.4 Å². The van der Waals surface area contributed by atoms with E-state index >= 15 is 0 Å². The first-order valence-corrected chi connectivity index (χ1v) is 14.8. The number of likely N-dealkylation sites (N-methyl/N-ethyl adjacent to an activating group) is 1. The molecule has 39 heavy (non-hydrogen) atoms. The van der Waals surface area contributed by atoms with Crippen LogP contribution in [0, 0.1) is 0 Å². The number of amides is 2. The van der Waals surface area contributed by atoms with Crippen LogP contribution in [0.2, 0.25) is 0 Å². The van der Waals surface area contributed by atoms with Crippen molar-refractivity contribution in [3.8, 4) is 5.88 Å². The topological polar surface area (TPSA) is 162 Å². The van der Waals surface area contributed by atoms with Crippen molar-refractivity contribution in [1.29, 1.82) is 0 Å². The molecule has 0 radical (unpaired) electrons. The van der Waals surface area contributed by atoms with Crippen LogP contribution in [0.3, 0.4) is 0 Å². The Hall–Kier alpha value is -3.07. The summed E-state index contributed by atoms with van der Waals surface area (Å²) in [6, 6.07) is 1.27. The molecule has 214 valence electrons. The van der Waals surface area contributed by atoms with Crippen molar-refractivity contribution in [2.24, 2.45) is 5.73 Å². The molecule has 13 nitrogen and oxygen atoms in total. The minimum absolute atomic E-state index is 0.0184. The van der Waals surface area contributed by atoms with Gasteiger partial charge in [0.1, 0.15) is 10.5 Å². The number of primary amides is 1. The number of aromatic nitrogens is 3. The smallest absolute Gasteiger partial charge is 0.271 e. The van der Waals surface area contributed by atoms with Gasteiger partial charge in [0.25, 0.3) is 11.8 Å². The first kappa shape index (κ1) is 28.9. The maximum Gasteiger partial charge on any atom is 0.271 e. The number of nitrogens with one attached hydrogen (secondary N) is 1. The van der Waals surface area contributed by atoms with Gasteiger partial charge in [0.05, 0.1) is 36.8 Å². The Morgan fingerprint density at radius 3 is 2.54 bits per heavy atom. The van der Waals surface area contributed by atoms with Crippen molar-refractivity contribution in [2.75, 3.05) is 51.3 Å². The van der Waals surface area contributed by atoms with Crippen molar-refractivity contribution < 1.29 is 27.5 Å². The molecule has 3 N–H and O–H groups in total. The lowest BCUT2D eigenvalue weighted by atomic mass is 10.2. The number of pyridine rings is 1. The predicted molar refractivity (Wildman–Crippen MR) is 143 cm³/mol. The second kappa shape index (κ2) is 12.4. The van der Waals surface area contributed by atoms with Gasteiger partial charge in [-0.1, -0.05) is 13.8 Å². The van der Waals surface area contributed by atoms with Gasteiger partial charge >= 0.3 is 0 Å². The Morgan fingerprint density at radius 1 is 1.21 bits per heavy atom. The SMILES string of the molecule is CCOc1ncc(S(=O)(=O)N2CCN(CC)CC2)cc1C(=O)Nc1c(C(N)=O)nn(CC2CCCO2)c1CC. The van der Waals surface area contributed by atoms with Gasteiger partial charge in [-0.05, 0) is 38.8 Å². The molecule has 2 saturated heterocycles. The number of hydrogen-bond acceptors (Lipinski definition) is 9. The summed E-state index contributed by atoms with van der Waals surface area (Å²) < 4.78 is 41.1. The number of sulfonamides is 1. The van der Waals surface area contributed by atoms with E-state index in [1.54, 1.807) is 11.6 Å². The van der Waals surface area contributed by atoms with Crippen LogP contribution in [-0.2, 0) is 27.7 Å². The lowest BCUT2D eigenvalue weighted by Gasteiger charge is -2.33. The highest BCUT2D eigenvalue weighted by molar-refractivity contribution is 7.89. The number of nitrogens with two attached hydrogens (primary N) is 1. The van der Waals surface area contributed by atoms with Gasteiger partial charge in [0.2, 0.25) is 15.9 Å². The monoisotopic (exact) mass is 563 g/mol. The zero-order chi connectivity index (χ0) is 28.2. The minimum Gasteiger partial charge on any atom is -0.477 e. The Bertz CT molecular complexity index is 1300. The van der Waals surface area contributed by atoms with E-state index in [0.717, 1.165) is 19.4 Å². The molecule has 2 aromatic rings. The highest BCUT2D eigenvalue weighted by Gasteiger charge is 2.31. The molecule has 2 aliphatic heterocycles. The molecular formula is C25H37N7O6S. The zero-order valence-corrected chi connectivity index (χ0v) is 23.5. The Morgan fingerprint density at radius 2 is 1.95 bits per heavy atom. The van der Waals surface area contributed by atoms with Crippen LogP contribution in [0.4, 0.5) is 5.69 Å². The predicted octanol–water partition coefficient (Wildman–Crippen LogP) is 1.10. The van der Waals surface area contributed by atoms with Crippen molar-refractivity contribution in [3.05, 3.63) is 29.2 Å². The number of ether oxygens (including phenoxy) is 2. The largest absolute Gasteiger partial charge is 0.477 e. The van der Waals surface area contributed by atoms with E-state index in [2.05, 4.69) is 20.3 Å². The molecule has 2 aliphatic rings. The second-order valence-electron chi connectivity index (χ2n) is 9.45. The minimum atomic E-state index is -3.89. The number of hydrogen-bond donors (Lipinski definition) is 2. The number of nitrogens with zero attached hydrogens (tertiary/aromatic N) is 5. The fraction of sp³-hybridized carbons (Fsp3) is 0.600. The zero-order valence-electron chi connectivity index (χ0n) is 22.7. The van der Waals surface area contributed by atoms with Crippen molar-refractivity contribution in [3.63, 3.8) is 0 Å². The van der Waals surface area contributed by atoms with Crippen LogP contribution in [0.15, 0.2) is 17.2 Å². The third-order valence-corrected chi connectivity index (χ3v) is 8.90. The summed E-state index contributed by atoms with van der Waals surface area (Å²) in [6.07, 6.45) is 3.43. The maximum absolute atomic E-state index is 13.6. The first-order valence-electron chi connectivity index (χ1n) is 13.4. The summed E-state index contributed by atoms with van der Waals surface area (Å²) in [6.45, 7) is 9.73. The molecule has 2 fully saturated rings. The summed E-state index contributed by atoms with van der Waals surface area (Å²) >= 11 is 0. The highest BCUT2D eigenvalue weighted by atomic mass is 32.2. The van der Waals surface area contributed by atoms with E-state index in [-0.39, 0.29) is 40.4 Å². The van der Waals surface area contributed by atoms with E-state index in [9.17, 15) is 18.0 Å². The molecule has 14 heteroatoms. The molecule has 4 heterocycles. The van der Waals surface area contributed by atoms with Crippen LogP contribution in [0.1, 0.15) is 60.2 Å². The molecule has 2 amide bonds. The van der Waals surface area contributed by atoms with Crippen LogP contribution in [0.25, 0.3) is 0 Å². The summed E-state index contributed by atoms with van der Waals surface area (Å²) in [5.74, 6) is -1.50. The lowest BCUT2D eigenvalue weighted by Crippen LogP contribution is -2.48. The fourth-order valence-electron chi connectivity index (χ4n) is 4.90. The molecule has 1 unspecified atom stereocenters. The Labute approximate surface area is 228 Å². The Balaban J connectivity index is 1.66. The fourth-order valence-corrected chi connectivity index (χ4v) is 6.29. The van der Waals surface area contributed by atoms with Gasteiger partial charge in [-0.2, -0.15) is 9.40 Å². The first-order chi connectivity index (χ1) is 18.7. The number of carbonyl (C=O) groups excluding carboxylic acids is 2. The van der Waals surface area contributed by atoms with Gasteiger partial charge in [-0.15, -0.1) is 0 Å². The van der Waals surface area contributed by atoms with E-state index < -0.39 is 21.8 Å². The third-order valence-electron chi connectivity index (χ3n) is 7.03. The maximum atomic E-state index is 13.6. The normalized spacial score (nSPS) is 18.8. The molecule has 2 aromatic heterocycles. The molecule has 0 spiro atoms. The van der Waals surface area contributed by atoms with E-state index in [4.69, 9.17) is 15.2 Å². The molecule has 1 atom stereocenters. The number of piperazine rings is 1. The number of rotatable bonds is 11. The standard InChI is InChI=1S/C25H37N7O6S/c1-4-20-21(22(23(26)33)29-32(20)16-17-8-7-13-38-17)28-24(34)19-14-18(15-27-25(19)37-6-3)39(35,36)31-11-9-30(5-2)10-12-31/h14-15,17H,4-13,16H2,1-3H3,(H2,26,33)(H,28,34). The van der Waals surface area contributed by atoms with Crippen LogP contribution in [0.5, 0.6) is 5.88 Å². The second-order valence-corrected chi connectivity index (χ2v) is 11.4. The average molecular weight is 564 g/mol. The molecule has 0 aliphatic carbocycles. The summed E-state index contributed by atoms with van der Waals surface area (Å²) in [4.78, 5) is 32.1. The average Bonchev–Trinajstić information content (AvgIpc) is 3.56. The van der Waals surface area contributed by atoms with Crippen molar-refractivity contribution in [2.45, 2.75) is 57.6 Å². The summed E-state index contributed by atoms with van der Waals surface area (Å²) in [5, 5.41) is 7.12. The third kappa shape index (κ3) is 6.24. The van der Waals surface area contributed by atoms with Crippen LogP contribution >= 0.6 is 0 Å². The molecule has 0 bridgehead atoms. The van der Waals surface area contributed by atoms with Crippen molar-refractivity contribution >= 4 is 27.5 Å². The van der Waals surface area contributed by atoms with E-state index in [0.29, 0.717) is 51.4 Å². The van der Waals surface area contributed by atoms with Gasteiger partial charge in [-0.25, -0.2) is 13.4 Å². The number of carbonyl (C=O) groups is 2. The van der Waals surface area contributed by atoms with E-state index in [1.807, 2.05) is 13.8 Å². The summed E-state index contributed by atoms with van der Waals surface area (Å²) in [7, 11) is -3.89. The molecule has 0 saturated carbocycles. The highest BCUT2D eigenvalue weighted by Crippen LogP contribution is 2.28. The van der Waals surface area contributed by atoms with Gasteiger partial charge in [-0.3, -0.25) is 14.3 Å². The van der Waals surface area contributed by atoms with Gasteiger partial charge in [0.15, 0.2) is 5.69 Å². The quantitative estimate of drug-likeness (QED) is 0.408. The van der Waals surface area contributed by atoms with Crippen LogP contribution in [-0.4, -0.2) is 96.2 Å².